The van der Waals surface area contributed by atoms with Crippen LogP contribution in [0.3, 0.4) is 0 Å². The van der Waals surface area contributed by atoms with Crippen molar-refractivity contribution in [1.82, 2.24) is 9.55 Å². The minimum Gasteiger partial charge on any atom is -0.437 e. The maximum Gasteiger partial charge on any atom is 0.220 e. The minimum atomic E-state index is 0.642. The SMILES string of the molecule is Cc1cc(C=Cc2nc3cc(N4CCCC4)ccc3o2)c(C)n1-c1ccccc1. The second kappa shape index (κ2) is 7.28. The molecule has 4 nitrogen and oxygen atoms in total. The number of anilines is 1. The van der Waals surface area contributed by atoms with Gasteiger partial charge in [-0.3, -0.25) is 0 Å². The van der Waals surface area contributed by atoms with E-state index in [0.29, 0.717) is 5.89 Å². The summed E-state index contributed by atoms with van der Waals surface area (Å²) in [5.74, 6) is 0.642. The summed E-state index contributed by atoms with van der Waals surface area (Å²) in [7, 11) is 0. The molecule has 0 atom stereocenters. The number of para-hydroxylation sites is 1. The van der Waals surface area contributed by atoms with Gasteiger partial charge in [0.25, 0.3) is 0 Å². The Morgan fingerprint density at radius 1 is 0.897 bits per heavy atom. The quantitative estimate of drug-likeness (QED) is 0.433. The van der Waals surface area contributed by atoms with Crippen LogP contribution in [0.1, 0.15) is 35.7 Å². The van der Waals surface area contributed by atoms with Gasteiger partial charge in [0.2, 0.25) is 5.89 Å². The Hall–Kier alpha value is -3.27. The molecule has 2 aromatic carbocycles. The van der Waals surface area contributed by atoms with Crippen LogP contribution in [0, 0.1) is 13.8 Å². The first kappa shape index (κ1) is 17.8. The third kappa shape index (κ3) is 3.35. The number of fused-ring (bicyclic) bond motifs is 1. The van der Waals surface area contributed by atoms with E-state index in [2.05, 4.69) is 76.8 Å². The summed E-state index contributed by atoms with van der Waals surface area (Å²) in [4.78, 5) is 7.11. The molecule has 0 unspecified atom stereocenters. The average Bonchev–Trinajstić information content (AvgIpc) is 3.45. The van der Waals surface area contributed by atoms with Gasteiger partial charge < -0.3 is 13.9 Å². The van der Waals surface area contributed by atoms with Crippen molar-refractivity contribution < 1.29 is 4.42 Å². The number of hydrogen-bond donors (Lipinski definition) is 0. The third-order valence-corrected chi connectivity index (χ3v) is 5.75. The predicted molar refractivity (Wildman–Crippen MR) is 120 cm³/mol. The summed E-state index contributed by atoms with van der Waals surface area (Å²) < 4.78 is 8.22. The van der Waals surface area contributed by atoms with Crippen molar-refractivity contribution in [2.75, 3.05) is 18.0 Å². The number of oxazole rings is 1. The first-order valence-corrected chi connectivity index (χ1v) is 10.3. The highest BCUT2D eigenvalue weighted by molar-refractivity contribution is 5.80. The molecule has 1 fully saturated rings. The van der Waals surface area contributed by atoms with Crippen LogP contribution in [0.5, 0.6) is 0 Å². The molecule has 3 heterocycles. The van der Waals surface area contributed by atoms with E-state index < -0.39 is 0 Å². The molecule has 1 saturated heterocycles. The zero-order chi connectivity index (χ0) is 19.8. The van der Waals surface area contributed by atoms with E-state index in [9.17, 15) is 0 Å². The van der Waals surface area contributed by atoms with Gasteiger partial charge in [0.05, 0.1) is 0 Å². The van der Waals surface area contributed by atoms with E-state index in [1.807, 2.05) is 18.2 Å². The number of benzene rings is 2. The first-order chi connectivity index (χ1) is 14.2. The lowest BCUT2D eigenvalue weighted by Gasteiger charge is -2.16. The lowest BCUT2D eigenvalue weighted by Crippen LogP contribution is -2.17. The Bertz CT molecular complexity index is 1180. The van der Waals surface area contributed by atoms with Crippen LogP contribution in [0.2, 0.25) is 0 Å². The second-order valence-corrected chi connectivity index (χ2v) is 7.73. The molecule has 146 valence electrons. The van der Waals surface area contributed by atoms with Gasteiger partial charge in [-0.1, -0.05) is 18.2 Å². The van der Waals surface area contributed by atoms with Crippen molar-refractivity contribution >= 4 is 28.9 Å². The first-order valence-electron chi connectivity index (χ1n) is 10.3. The standard InChI is InChI=1S/C25H25N3O/c1-18-16-20(19(2)28(18)21-8-4-3-5-9-21)10-13-25-26-23-17-22(11-12-24(23)29-25)27-14-6-7-15-27/h3-5,8-13,16-17H,6-7,14-15H2,1-2H3. The summed E-state index contributed by atoms with van der Waals surface area (Å²) >= 11 is 0. The van der Waals surface area contributed by atoms with Gasteiger partial charge in [0, 0.05) is 41.9 Å². The van der Waals surface area contributed by atoms with E-state index >= 15 is 0 Å². The number of rotatable bonds is 4. The Morgan fingerprint density at radius 2 is 1.69 bits per heavy atom. The van der Waals surface area contributed by atoms with E-state index in [4.69, 9.17) is 4.42 Å². The van der Waals surface area contributed by atoms with Gasteiger partial charge in [-0.15, -0.1) is 0 Å². The highest BCUT2D eigenvalue weighted by Gasteiger charge is 2.14. The van der Waals surface area contributed by atoms with Crippen LogP contribution in [0.25, 0.3) is 28.9 Å². The number of hydrogen-bond acceptors (Lipinski definition) is 3. The number of nitrogens with zero attached hydrogens (tertiary/aromatic N) is 3. The highest BCUT2D eigenvalue weighted by Crippen LogP contribution is 2.27. The summed E-state index contributed by atoms with van der Waals surface area (Å²) in [5, 5.41) is 0. The van der Waals surface area contributed by atoms with Gasteiger partial charge in [0.1, 0.15) is 5.52 Å². The largest absolute Gasteiger partial charge is 0.437 e. The zero-order valence-corrected chi connectivity index (χ0v) is 16.9. The Balaban J connectivity index is 1.43. The summed E-state index contributed by atoms with van der Waals surface area (Å²) in [6, 6.07) is 19.0. The average molecular weight is 383 g/mol. The van der Waals surface area contributed by atoms with Crippen molar-refractivity contribution in [2.24, 2.45) is 0 Å². The second-order valence-electron chi connectivity index (χ2n) is 7.73. The van der Waals surface area contributed by atoms with Gasteiger partial charge >= 0.3 is 0 Å². The van der Waals surface area contributed by atoms with Crippen molar-refractivity contribution in [1.29, 1.82) is 0 Å². The van der Waals surface area contributed by atoms with Crippen LogP contribution in [-0.4, -0.2) is 22.6 Å². The fourth-order valence-electron chi connectivity index (χ4n) is 4.27. The maximum atomic E-state index is 5.95. The Labute approximate surface area is 171 Å². The fraction of sp³-hybridized carbons (Fsp3) is 0.240. The molecule has 4 aromatic rings. The summed E-state index contributed by atoms with van der Waals surface area (Å²) in [5.41, 5.74) is 7.76. The lowest BCUT2D eigenvalue weighted by molar-refractivity contribution is 0.589. The smallest absolute Gasteiger partial charge is 0.220 e. The molecule has 1 aliphatic rings. The van der Waals surface area contributed by atoms with Gasteiger partial charge in [-0.25, -0.2) is 4.98 Å². The van der Waals surface area contributed by atoms with E-state index in [-0.39, 0.29) is 0 Å². The van der Waals surface area contributed by atoms with E-state index in [1.165, 1.54) is 41.2 Å². The van der Waals surface area contributed by atoms with Gasteiger partial charge in [-0.05, 0) is 74.7 Å². The molecule has 2 aromatic heterocycles. The molecule has 5 rings (SSSR count). The molecule has 4 heteroatoms. The van der Waals surface area contributed by atoms with Gasteiger partial charge in [0.15, 0.2) is 5.58 Å². The summed E-state index contributed by atoms with van der Waals surface area (Å²) in [6.45, 7) is 6.55. The van der Waals surface area contributed by atoms with Crippen LogP contribution in [0.15, 0.2) is 59.0 Å². The molecule has 0 spiro atoms. The molecule has 1 aliphatic heterocycles. The molecule has 0 amide bonds. The summed E-state index contributed by atoms with van der Waals surface area (Å²) in [6.07, 6.45) is 6.60. The molecule has 0 bridgehead atoms. The minimum absolute atomic E-state index is 0.642. The Kier molecular flexibility index (Phi) is 4.47. The van der Waals surface area contributed by atoms with Crippen molar-refractivity contribution in [2.45, 2.75) is 26.7 Å². The van der Waals surface area contributed by atoms with Crippen LogP contribution in [0.4, 0.5) is 5.69 Å². The lowest BCUT2D eigenvalue weighted by atomic mass is 10.2. The highest BCUT2D eigenvalue weighted by atomic mass is 16.3. The normalized spacial score (nSPS) is 14.5. The van der Waals surface area contributed by atoms with E-state index in [0.717, 1.165) is 24.2 Å². The topological polar surface area (TPSA) is 34.2 Å². The maximum absolute atomic E-state index is 5.95. The van der Waals surface area contributed by atoms with Gasteiger partial charge in [-0.2, -0.15) is 0 Å². The Morgan fingerprint density at radius 3 is 2.48 bits per heavy atom. The molecule has 0 N–H and O–H groups in total. The van der Waals surface area contributed by atoms with Crippen LogP contribution < -0.4 is 4.90 Å². The molecule has 0 aliphatic carbocycles. The molecular weight excluding hydrogens is 358 g/mol. The van der Waals surface area contributed by atoms with Crippen LogP contribution in [-0.2, 0) is 0 Å². The number of aromatic nitrogens is 2. The van der Waals surface area contributed by atoms with Crippen molar-refractivity contribution in [3.05, 3.63) is 77.4 Å². The zero-order valence-electron chi connectivity index (χ0n) is 16.9. The van der Waals surface area contributed by atoms with Crippen LogP contribution >= 0.6 is 0 Å². The molecule has 0 radical (unpaired) electrons. The van der Waals surface area contributed by atoms with E-state index in [1.54, 1.807) is 0 Å². The fourth-order valence-corrected chi connectivity index (χ4v) is 4.27. The molecule has 29 heavy (non-hydrogen) atoms. The third-order valence-electron chi connectivity index (χ3n) is 5.75. The van der Waals surface area contributed by atoms with Crippen molar-refractivity contribution in [3.8, 4) is 5.69 Å². The molecular formula is C25H25N3O. The molecule has 0 saturated carbocycles. The monoisotopic (exact) mass is 383 g/mol. The van der Waals surface area contributed by atoms with Crippen molar-refractivity contribution in [3.63, 3.8) is 0 Å². The predicted octanol–water partition coefficient (Wildman–Crippen LogP) is 6.01. The number of aryl methyl sites for hydroxylation is 1.